The van der Waals surface area contributed by atoms with Crippen LogP contribution in [0.1, 0.15) is 28.9 Å². The fourth-order valence-corrected chi connectivity index (χ4v) is 3.04. The number of carbonyl (C=O) groups excluding carboxylic acids is 1. The second-order valence-corrected chi connectivity index (χ2v) is 6.83. The first-order valence-corrected chi connectivity index (χ1v) is 8.61. The van der Waals surface area contributed by atoms with Gasteiger partial charge in [-0.05, 0) is 18.1 Å². The lowest BCUT2D eigenvalue weighted by Crippen LogP contribution is -2.35. The number of hydrogen-bond donors (Lipinski definition) is 1. The van der Waals surface area contributed by atoms with Gasteiger partial charge in [-0.25, -0.2) is 0 Å². The molecule has 2 aromatic rings. The van der Waals surface area contributed by atoms with Crippen molar-refractivity contribution in [2.45, 2.75) is 22.6 Å². The van der Waals surface area contributed by atoms with Crippen molar-refractivity contribution in [3.8, 4) is 0 Å². The van der Waals surface area contributed by atoms with Crippen molar-refractivity contribution in [3.05, 3.63) is 71.8 Å². The van der Waals surface area contributed by atoms with E-state index >= 15 is 0 Å². The molecule has 1 amide bonds. The van der Waals surface area contributed by atoms with Gasteiger partial charge in [0.1, 0.15) is 4.83 Å². The Bertz CT molecular complexity index is 574. The van der Waals surface area contributed by atoms with Crippen molar-refractivity contribution in [1.29, 1.82) is 0 Å². The normalized spacial score (nSPS) is 15.0. The summed E-state index contributed by atoms with van der Waals surface area (Å²) in [4.78, 5) is 12.0. The number of hydrogen-bond acceptors (Lipinski definition) is 1. The quantitative estimate of drug-likeness (QED) is 0.707. The Labute approximate surface area is 142 Å². The molecule has 2 aromatic carbocycles. The van der Waals surface area contributed by atoms with Crippen LogP contribution in [0.3, 0.4) is 0 Å². The van der Waals surface area contributed by atoms with Gasteiger partial charge in [-0.15, -0.1) is 0 Å². The standard InChI is InChI=1S/C17H17Br2NO/c1-12(13-8-4-2-5-9-13)20-17(21)16(19)15(18)14-10-6-3-7-11-14/h2-12,15-16H,1H3,(H,20,21)/t12-,15-,16-/m0/s1. The first kappa shape index (κ1) is 16.2. The van der Waals surface area contributed by atoms with Gasteiger partial charge in [0, 0.05) is 0 Å². The van der Waals surface area contributed by atoms with Crippen LogP contribution in [0.25, 0.3) is 0 Å². The minimum absolute atomic E-state index is 0.0192. The van der Waals surface area contributed by atoms with Crippen LogP contribution in [-0.4, -0.2) is 10.7 Å². The Kier molecular flexibility index (Phi) is 6.00. The summed E-state index contributed by atoms with van der Waals surface area (Å²) >= 11 is 7.08. The van der Waals surface area contributed by atoms with E-state index in [1.54, 1.807) is 0 Å². The average Bonchev–Trinajstić information content (AvgIpc) is 2.55. The van der Waals surface area contributed by atoms with Crippen LogP contribution < -0.4 is 5.32 Å². The Morgan fingerprint density at radius 3 is 1.90 bits per heavy atom. The van der Waals surface area contributed by atoms with Crippen molar-refractivity contribution < 1.29 is 4.79 Å². The van der Waals surface area contributed by atoms with Gasteiger partial charge in [0.25, 0.3) is 0 Å². The number of carbonyl (C=O) groups is 1. The maximum Gasteiger partial charge on any atom is 0.235 e. The van der Waals surface area contributed by atoms with Crippen molar-refractivity contribution >= 4 is 37.8 Å². The summed E-state index contributed by atoms with van der Waals surface area (Å²) in [5.74, 6) is -0.0305. The smallest absolute Gasteiger partial charge is 0.235 e. The first-order chi connectivity index (χ1) is 10.1. The molecule has 2 nitrogen and oxygen atoms in total. The molecule has 1 N–H and O–H groups in total. The molecule has 4 heteroatoms. The van der Waals surface area contributed by atoms with Gasteiger partial charge in [0.2, 0.25) is 5.91 Å². The number of amides is 1. The van der Waals surface area contributed by atoms with E-state index in [9.17, 15) is 4.79 Å². The maximum atomic E-state index is 12.4. The van der Waals surface area contributed by atoms with E-state index in [1.807, 2.05) is 67.6 Å². The predicted octanol–water partition coefficient (Wildman–Crippen LogP) is 4.76. The van der Waals surface area contributed by atoms with E-state index in [4.69, 9.17) is 0 Å². The average molecular weight is 411 g/mol. The van der Waals surface area contributed by atoms with E-state index in [0.717, 1.165) is 11.1 Å². The molecular formula is C17H17Br2NO. The van der Waals surface area contributed by atoms with Gasteiger partial charge in [0.05, 0.1) is 10.9 Å². The fraction of sp³-hybridized carbons (Fsp3) is 0.235. The molecule has 110 valence electrons. The van der Waals surface area contributed by atoms with Gasteiger partial charge < -0.3 is 5.32 Å². The van der Waals surface area contributed by atoms with Gasteiger partial charge in [-0.3, -0.25) is 4.79 Å². The minimum atomic E-state index is -0.328. The zero-order valence-corrected chi connectivity index (χ0v) is 14.8. The van der Waals surface area contributed by atoms with Crippen LogP contribution in [0.15, 0.2) is 60.7 Å². The summed E-state index contributed by atoms with van der Waals surface area (Å²) in [5, 5.41) is 3.03. The molecule has 0 aliphatic rings. The summed E-state index contributed by atoms with van der Waals surface area (Å²) in [6.07, 6.45) is 0. The molecule has 0 spiro atoms. The van der Waals surface area contributed by atoms with Crippen molar-refractivity contribution in [2.75, 3.05) is 0 Å². The van der Waals surface area contributed by atoms with Crippen molar-refractivity contribution in [1.82, 2.24) is 5.32 Å². The number of alkyl halides is 2. The summed E-state index contributed by atoms with van der Waals surface area (Å²) in [6.45, 7) is 1.98. The Balaban J connectivity index is 2.00. The molecule has 0 aromatic heterocycles. The highest BCUT2D eigenvalue weighted by Crippen LogP contribution is 2.31. The molecule has 0 bridgehead atoms. The lowest BCUT2D eigenvalue weighted by atomic mass is 10.1. The molecule has 0 saturated carbocycles. The van der Waals surface area contributed by atoms with Gasteiger partial charge in [-0.1, -0.05) is 92.5 Å². The molecule has 21 heavy (non-hydrogen) atoms. The monoisotopic (exact) mass is 409 g/mol. The highest BCUT2D eigenvalue weighted by molar-refractivity contribution is 9.12. The Morgan fingerprint density at radius 1 is 0.905 bits per heavy atom. The van der Waals surface area contributed by atoms with Gasteiger partial charge in [-0.2, -0.15) is 0 Å². The number of benzene rings is 2. The van der Waals surface area contributed by atoms with E-state index < -0.39 is 0 Å². The third kappa shape index (κ3) is 4.42. The van der Waals surface area contributed by atoms with Crippen LogP contribution in [0.5, 0.6) is 0 Å². The number of rotatable bonds is 5. The summed E-state index contributed by atoms with van der Waals surface area (Å²) in [5.41, 5.74) is 2.17. The summed E-state index contributed by atoms with van der Waals surface area (Å²) in [7, 11) is 0. The SMILES string of the molecule is C[C@H](NC(=O)[C@@H](Br)[C@@H](Br)c1ccccc1)c1ccccc1. The topological polar surface area (TPSA) is 29.1 Å². The maximum absolute atomic E-state index is 12.4. The third-order valence-corrected chi connectivity index (χ3v) is 6.00. The van der Waals surface area contributed by atoms with Crippen LogP contribution in [0, 0.1) is 0 Å². The van der Waals surface area contributed by atoms with E-state index in [1.165, 1.54) is 0 Å². The molecule has 0 aliphatic heterocycles. The number of halogens is 2. The molecule has 0 fully saturated rings. The summed E-state index contributed by atoms with van der Waals surface area (Å²) in [6, 6.07) is 19.8. The van der Waals surface area contributed by atoms with Crippen molar-refractivity contribution in [2.24, 2.45) is 0 Å². The van der Waals surface area contributed by atoms with Crippen LogP contribution in [0.2, 0.25) is 0 Å². The lowest BCUT2D eigenvalue weighted by Gasteiger charge is -2.20. The highest BCUT2D eigenvalue weighted by Gasteiger charge is 2.25. The van der Waals surface area contributed by atoms with Gasteiger partial charge in [0.15, 0.2) is 0 Å². The van der Waals surface area contributed by atoms with Gasteiger partial charge >= 0.3 is 0 Å². The molecular weight excluding hydrogens is 394 g/mol. The fourth-order valence-electron chi connectivity index (χ4n) is 2.06. The zero-order valence-electron chi connectivity index (χ0n) is 11.7. The van der Waals surface area contributed by atoms with E-state index in [0.29, 0.717) is 0 Å². The van der Waals surface area contributed by atoms with Crippen LogP contribution in [-0.2, 0) is 4.79 Å². The second kappa shape index (κ2) is 7.76. The minimum Gasteiger partial charge on any atom is -0.349 e. The van der Waals surface area contributed by atoms with E-state index in [-0.39, 0.29) is 21.6 Å². The van der Waals surface area contributed by atoms with Crippen LogP contribution in [0.4, 0.5) is 0 Å². The first-order valence-electron chi connectivity index (χ1n) is 6.78. The summed E-state index contributed by atoms with van der Waals surface area (Å²) < 4.78 is 0. The molecule has 0 radical (unpaired) electrons. The van der Waals surface area contributed by atoms with Crippen molar-refractivity contribution in [3.63, 3.8) is 0 Å². The van der Waals surface area contributed by atoms with E-state index in [2.05, 4.69) is 37.2 Å². The highest BCUT2D eigenvalue weighted by atomic mass is 79.9. The lowest BCUT2D eigenvalue weighted by molar-refractivity contribution is -0.121. The third-order valence-electron chi connectivity index (χ3n) is 3.28. The Morgan fingerprint density at radius 2 is 1.38 bits per heavy atom. The molecule has 3 atom stereocenters. The predicted molar refractivity (Wildman–Crippen MR) is 93.8 cm³/mol. The number of nitrogens with one attached hydrogen (secondary N) is 1. The zero-order chi connectivity index (χ0) is 15.2. The second-order valence-electron chi connectivity index (χ2n) is 4.86. The largest absolute Gasteiger partial charge is 0.349 e. The molecule has 0 unspecified atom stereocenters. The molecule has 2 rings (SSSR count). The Hall–Kier alpha value is -1.13. The van der Waals surface area contributed by atoms with Crippen LogP contribution >= 0.6 is 31.9 Å². The molecule has 0 heterocycles. The molecule has 0 aliphatic carbocycles. The molecule has 0 saturated heterocycles.